The lowest BCUT2D eigenvalue weighted by molar-refractivity contribution is -0.118. The van der Waals surface area contributed by atoms with E-state index < -0.39 is 7.12 Å². The number of ether oxygens (including phenoxy) is 2. The number of fused-ring (bicyclic) bond motifs is 1. The molecular formula is C13H17BO5. The first-order valence-electron chi connectivity index (χ1n) is 6.23. The van der Waals surface area contributed by atoms with Crippen LogP contribution in [0.2, 0.25) is 0 Å². The van der Waals surface area contributed by atoms with Gasteiger partial charge in [-0.1, -0.05) is 6.07 Å². The minimum absolute atomic E-state index is 0.0236. The summed E-state index contributed by atoms with van der Waals surface area (Å²) in [5, 5.41) is 9.85. The zero-order valence-corrected chi connectivity index (χ0v) is 11.3. The molecule has 1 heterocycles. The first-order chi connectivity index (χ1) is 8.99. The molecule has 0 bridgehead atoms. The van der Waals surface area contributed by atoms with E-state index in [9.17, 15) is 9.82 Å². The van der Waals surface area contributed by atoms with Gasteiger partial charge in [-0.05, 0) is 32.4 Å². The van der Waals surface area contributed by atoms with E-state index in [0.29, 0.717) is 23.6 Å². The monoisotopic (exact) mass is 264 g/mol. The van der Waals surface area contributed by atoms with Gasteiger partial charge in [0.25, 0.3) is 0 Å². The lowest BCUT2D eigenvalue weighted by Gasteiger charge is -2.18. The molecular weight excluding hydrogens is 247 g/mol. The lowest BCUT2D eigenvalue weighted by atomic mass is 9.78. The number of hydrogen-bond donors (Lipinski definition) is 1. The highest BCUT2D eigenvalue weighted by atomic mass is 16.5. The third kappa shape index (κ3) is 3.08. The van der Waals surface area contributed by atoms with Crippen LogP contribution in [-0.2, 0) is 16.1 Å². The predicted octanol–water partition coefficient (Wildman–Crippen LogP) is 0.659. The topological polar surface area (TPSA) is 65.0 Å². The van der Waals surface area contributed by atoms with Crippen molar-refractivity contribution in [3.63, 3.8) is 0 Å². The van der Waals surface area contributed by atoms with Crippen molar-refractivity contribution in [1.29, 1.82) is 0 Å². The van der Waals surface area contributed by atoms with Crippen molar-refractivity contribution < 1.29 is 23.9 Å². The van der Waals surface area contributed by atoms with Gasteiger partial charge in [0.05, 0.1) is 12.7 Å². The molecule has 0 amide bonds. The third-order valence-electron chi connectivity index (χ3n) is 2.68. The summed E-state index contributed by atoms with van der Waals surface area (Å²) in [6.07, 6.45) is -0.0704. The average molecular weight is 264 g/mol. The van der Waals surface area contributed by atoms with Gasteiger partial charge in [0, 0.05) is 5.46 Å². The first kappa shape index (κ1) is 13.9. The molecule has 0 aliphatic carbocycles. The van der Waals surface area contributed by atoms with Gasteiger partial charge in [-0.25, -0.2) is 0 Å². The SMILES string of the molecule is CC(=O)COc1ccc2c(c1OC(C)C)B(O)OC2. The van der Waals surface area contributed by atoms with Crippen LogP contribution in [0.1, 0.15) is 26.3 Å². The van der Waals surface area contributed by atoms with Crippen molar-refractivity contribution in [2.24, 2.45) is 0 Å². The molecule has 5 nitrogen and oxygen atoms in total. The Kier molecular flexibility index (Phi) is 4.12. The molecule has 1 N–H and O–H groups in total. The van der Waals surface area contributed by atoms with E-state index in [1.165, 1.54) is 6.92 Å². The van der Waals surface area contributed by atoms with Crippen LogP contribution in [0.5, 0.6) is 11.5 Å². The summed E-state index contributed by atoms with van der Waals surface area (Å²) in [4.78, 5) is 11.0. The van der Waals surface area contributed by atoms with Crippen molar-refractivity contribution >= 4 is 18.4 Å². The Morgan fingerprint density at radius 1 is 1.53 bits per heavy atom. The molecule has 0 saturated heterocycles. The van der Waals surface area contributed by atoms with Crippen molar-refractivity contribution in [2.45, 2.75) is 33.5 Å². The van der Waals surface area contributed by atoms with Crippen LogP contribution < -0.4 is 14.9 Å². The molecule has 0 aromatic heterocycles. The molecule has 1 aromatic rings. The van der Waals surface area contributed by atoms with E-state index >= 15 is 0 Å². The number of hydrogen-bond acceptors (Lipinski definition) is 5. The van der Waals surface area contributed by atoms with Gasteiger partial charge in [-0.15, -0.1) is 0 Å². The Morgan fingerprint density at radius 3 is 2.89 bits per heavy atom. The minimum atomic E-state index is -1.01. The highest BCUT2D eigenvalue weighted by Crippen LogP contribution is 2.30. The van der Waals surface area contributed by atoms with Gasteiger partial charge in [-0.3, -0.25) is 4.79 Å². The Labute approximate surface area is 112 Å². The van der Waals surface area contributed by atoms with Crippen molar-refractivity contribution in [3.05, 3.63) is 17.7 Å². The molecule has 1 aliphatic rings. The molecule has 1 aromatic carbocycles. The van der Waals surface area contributed by atoms with Gasteiger partial charge < -0.3 is 19.2 Å². The zero-order chi connectivity index (χ0) is 14.0. The van der Waals surface area contributed by atoms with Crippen LogP contribution in [-0.4, -0.2) is 30.6 Å². The van der Waals surface area contributed by atoms with Crippen molar-refractivity contribution in [1.82, 2.24) is 0 Å². The number of ketones is 1. The molecule has 0 spiro atoms. The molecule has 6 heteroatoms. The molecule has 0 atom stereocenters. The Hall–Kier alpha value is -1.53. The van der Waals surface area contributed by atoms with E-state index in [-0.39, 0.29) is 18.5 Å². The molecule has 0 unspecified atom stereocenters. The highest BCUT2D eigenvalue weighted by Gasteiger charge is 2.33. The second kappa shape index (κ2) is 5.63. The Bertz CT molecular complexity index is 486. The van der Waals surface area contributed by atoms with Gasteiger partial charge in [-0.2, -0.15) is 0 Å². The summed E-state index contributed by atoms with van der Waals surface area (Å²) in [5.74, 6) is 0.832. The third-order valence-corrected chi connectivity index (χ3v) is 2.68. The number of rotatable bonds is 5. The summed E-state index contributed by atoms with van der Waals surface area (Å²) in [5.41, 5.74) is 1.47. The number of carbonyl (C=O) groups excluding carboxylic acids is 1. The molecule has 2 rings (SSSR count). The predicted molar refractivity (Wildman–Crippen MR) is 70.8 cm³/mol. The largest absolute Gasteiger partial charge is 0.495 e. The number of Topliss-reactive ketones (excluding diaryl/α,β-unsaturated/α-hetero) is 1. The molecule has 0 fully saturated rings. The second-order valence-corrected chi connectivity index (χ2v) is 4.79. The smallest absolute Gasteiger partial charge is 0.487 e. The molecule has 1 aliphatic heterocycles. The van der Waals surface area contributed by atoms with Crippen molar-refractivity contribution in [2.75, 3.05) is 6.61 Å². The van der Waals surface area contributed by atoms with Crippen LogP contribution >= 0.6 is 0 Å². The minimum Gasteiger partial charge on any atom is -0.487 e. The summed E-state index contributed by atoms with van der Waals surface area (Å²) < 4.78 is 16.3. The van der Waals surface area contributed by atoms with E-state index in [1.807, 2.05) is 19.9 Å². The molecule has 0 radical (unpaired) electrons. The fourth-order valence-corrected chi connectivity index (χ4v) is 1.92. The summed E-state index contributed by atoms with van der Waals surface area (Å²) in [6.45, 7) is 5.54. The Balaban J connectivity index is 2.37. The summed E-state index contributed by atoms with van der Waals surface area (Å²) in [7, 11) is -1.01. The number of carbonyl (C=O) groups is 1. The zero-order valence-electron chi connectivity index (χ0n) is 11.3. The molecule has 19 heavy (non-hydrogen) atoms. The van der Waals surface area contributed by atoms with Crippen LogP contribution in [0, 0.1) is 0 Å². The van der Waals surface area contributed by atoms with E-state index in [4.69, 9.17) is 14.1 Å². The van der Waals surface area contributed by atoms with Gasteiger partial charge in [0.2, 0.25) is 0 Å². The van der Waals surface area contributed by atoms with Crippen LogP contribution in [0.25, 0.3) is 0 Å². The van der Waals surface area contributed by atoms with E-state index in [2.05, 4.69) is 0 Å². The standard InChI is InChI=1S/C13H17BO5/c1-8(2)19-13-11(17-6-9(3)15)5-4-10-7-18-14(16)12(10)13/h4-5,8,16H,6-7H2,1-3H3. The van der Waals surface area contributed by atoms with Crippen LogP contribution in [0.15, 0.2) is 12.1 Å². The first-order valence-corrected chi connectivity index (χ1v) is 6.23. The second-order valence-electron chi connectivity index (χ2n) is 4.79. The van der Waals surface area contributed by atoms with E-state index in [1.54, 1.807) is 6.07 Å². The molecule has 102 valence electrons. The van der Waals surface area contributed by atoms with Gasteiger partial charge in [0.15, 0.2) is 17.3 Å². The number of benzene rings is 1. The summed E-state index contributed by atoms with van der Waals surface area (Å²) >= 11 is 0. The fraction of sp³-hybridized carbons (Fsp3) is 0.462. The highest BCUT2D eigenvalue weighted by molar-refractivity contribution is 6.62. The van der Waals surface area contributed by atoms with Gasteiger partial charge >= 0.3 is 7.12 Å². The van der Waals surface area contributed by atoms with Crippen molar-refractivity contribution in [3.8, 4) is 11.5 Å². The maximum atomic E-state index is 11.0. The van der Waals surface area contributed by atoms with Crippen LogP contribution in [0.3, 0.4) is 0 Å². The Morgan fingerprint density at radius 2 is 2.26 bits per heavy atom. The molecule has 0 saturated carbocycles. The van der Waals surface area contributed by atoms with Crippen LogP contribution in [0.4, 0.5) is 0 Å². The fourth-order valence-electron chi connectivity index (χ4n) is 1.92. The van der Waals surface area contributed by atoms with Gasteiger partial charge in [0.1, 0.15) is 6.61 Å². The maximum absolute atomic E-state index is 11.0. The quantitative estimate of drug-likeness (QED) is 0.791. The normalized spacial score (nSPS) is 13.6. The summed E-state index contributed by atoms with van der Waals surface area (Å²) in [6, 6.07) is 3.55. The lowest BCUT2D eigenvalue weighted by Crippen LogP contribution is -2.31. The average Bonchev–Trinajstić information content (AvgIpc) is 2.69. The maximum Gasteiger partial charge on any atom is 0.495 e. The van der Waals surface area contributed by atoms with E-state index in [0.717, 1.165) is 5.56 Å².